The molecule has 5 heteroatoms. The van der Waals surface area contributed by atoms with E-state index in [1.54, 1.807) is 17.5 Å². The lowest BCUT2D eigenvalue weighted by Gasteiger charge is -2.12. The summed E-state index contributed by atoms with van der Waals surface area (Å²) in [6.45, 7) is 3.88. The maximum absolute atomic E-state index is 5.77. The van der Waals surface area contributed by atoms with Crippen LogP contribution in [0.25, 0.3) is 0 Å². The molecule has 2 rings (SSSR count). The number of aromatic nitrogens is 1. The molecule has 4 nitrogen and oxygen atoms in total. The van der Waals surface area contributed by atoms with Crippen molar-refractivity contribution in [1.29, 1.82) is 0 Å². The minimum Gasteiger partial charge on any atom is -0.490 e. The van der Waals surface area contributed by atoms with Gasteiger partial charge in [0.2, 0.25) is 0 Å². The van der Waals surface area contributed by atoms with Crippen LogP contribution in [0.3, 0.4) is 0 Å². The van der Waals surface area contributed by atoms with Crippen LogP contribution in [-0.4, -0.2) is 18.6 Å². The van der Waals surface area contributed by atoms with Gasteiger partial charge >= 0.3 is 0 Å². The van der Waals surface area contributed by atoms with Crippen molar-refractivity contribution in [3.8, 4) is 11.5 Å². The summed E-state index contributed by atoms with van der Waals surface area (Å²) in [5.74, 6) is 1.55. The fourth-order valence-corrected chi connectivity index (χ4v) is 2.25. The van der Waals surface area contributed by atoms with E-state index in [4.69, 9.17) is 9.47 Å². The molecule has 0 unspecified atom stereocenters. The van der Waals surface area contributed by atoms with Gasteiger partial charge < -0.3 is 14.8 Å². The Labute approximate surface area is 117 Å². The quantitative estimate of drug-likeness (QED) is 0.846. The molecule has 0 radical (unpaired) electrons. The third-order valence-corrected chi connectivity index (χ3v) is 3.28. The molecular weight excluding hydrogens is 260 g/mol. The van der Waals surface area contributed by atoms with Crippen LogP contribution >= 0.6 is 11.3 Å². The molecule has 1 N–H and O–H groups in total. The summed E-state index contributed by atoms with van der Waals surface area (Å²) >= 11 is 1.59. The number of hydrogen-bond donors (Lipinski definition) is 1. The van der Waals surface area contributed by atoms with E-state index in [2.05, 4.69) is 10.3 Å². The number of rotatable bonds is 7. The standard InChI is InChI=1S/C14H18N2O2S/c1-3-17-13-8-11(9-15-2)4-5-12(13)18-10-14-16-6-7-19-14/h4-8,15H,3,9-10H2,1-2H3. The van der Waals surface area contributed by atoms with E-state index in [1.807, 2.05) is 37.6 Å². The first kappa shape index (κ1) is 13.8. The molecule has 2 aromatic rings. The van der Waals surface area contributed by atoms with E-state index >= 15 is 0 Å². The number of nitrogens with one attached hydrogen (secondary N) is 1. The molecule has 0 saturated carbocycles. The largest absolute Gasteiger partial charge is 0.490 e. The average Bonchev–Trinajstić information content (AvgIpc) is 2.92. The summed E-state index contributed by atoms with van der Waals surface area (Å²) in [6, 6.07) is 6.00. The Hall–Kier alpha value is -1.59. The van der Waals surface area contributed by atoms with Crippen LogP contribution < -0.4 is 14.8 Å². The Bertz CT molecular complexity index is 500. The zero-order chi connectivity index (χ0) is 13.5. The number of ether oxygens (including phenoxy) is 2. The molecule has 0 saturated heterocycles. The predicted molar refractivity (Wildman–Crippen MR) is 76.8 cm³/mol. The highest BCUT2D eigenvalue weighted by Crippen LogP contribution is 2.29. The maximum Gasteiger partial charge on any atom is 0.161 e. The number of benzene rings is 1. The average molecular weight is 278 g/mol. The molecule has 102 valence electrons. The molecule has 0 fully saturated rings. The first-order valence-corrected chi connectivity index (χ1v) is 7.13. The van der Waals surface area contributed by atoms with Crippen LogP contribution in [-0.2, 0) is 13.2 Å². The summed E-state index contributed by atoms with van der Waals surface area (Å²) < 4.78 is 11.4. The maximum atomic E-state index is 5.77. The highest BCUT2D eigenvalue weighted by molar-refractivity contribution is 7.09. The fraction of sp³-hybridized carbons (Fsp3) is 0.357. The minimum atomic E-state index is 0.475. The second-order valence-electron chi connectivity index (χ2n) is 3.96. The summed E-state index contributed by atoms with van der Waals surface area (Å²) in [5.41, 5.74) is 1.17. The molecule has 0 amide bonds. The third-order valence-electron chi connectivity index (χ3n) is 2.52. The van der Waals surface area contributed by atoms with Gasteiger partial charge in [-0.3, -0.25) is 0 Å². The fourth-order valence-electron chi connectivity index (χ4n) is 1.72. The topological polar surface area (TPSA) is 43.4 Å². The van der Waals surface area contributed by atoms with Crippen molar-refractivity contribution in [1.82, 2.24) is 10.3 Å². The van der Waals surface area contributed by atoms with Crippen molar-refractivity contribution in [3.05, 3.63) is 40.3 Å². The Morgan fingerprint density at radius 3 is 2.84 bits per heavy atom. The van der Waals surface area contributed by atoms with E-state index in [-0.39, 0.29) is 0 Å². The van der Waals surface area contributed by atoms with Crippen LogP contribution in [0, 0.1) is 0 Å². The first-order valence-electron chi connectivity index (χ1n) is 6.25. The van der Waals surface area contributed by atoms with Crippen LogP contribution in [0.2, 0.25) is 0 Å². The van der Waals surface area contributed by atoms with Crippen LogP contribution in [0.15, 0.2) is 29.8 Å². The molecule has 1 heterocycles. The van der Waals surface area contributed by atoms with E-state index in [0.717, 1.165) is 23.1 Å². The van der Waals surface area contributed by atoms with Gasteiger partial charge in [-0.05, 0) is 31.7 Å². The van der Waals surface area contributed by atoms with Crippen molar-refractivity contribution in [2.45, 2.75) is 20.1 Å². The number of nitrogens with zero attached hydrogens (tertiary/aromatic N) is 1. The van der Waals surface area contributed by atoms with Crippen molar-refractivity contribution < 1.29 is 9.47 Å². The summed E-state index contributed by atoms with van der Waals surface area (Å²) in [4.78, 5) is 4.20. The zero-order valence-electron chi connectivity index (χ0n) is 11.2. The van der Waals surface area contributed by atoms with Gasteiger partial charge in [0.15, 0.2) is 11.5 Å². The monoisotopic (exact) mass is 278 g/mol. The summed E-state index contributed by atoms with van der Waals surface area (Å²) in [7, 11) is 1.92. The Morgan fingerprint density at radius 2 is 2.16 bits per heavy atom. The molecule has 0 atom stereocenters. The molecule has 19 heavy (non-hydrogen) atoms. The number of thiazole rings is 1. The Morgan fingerprint density at radius 1 is 1.26 bits per heavy atom. The van der Waals surface area contributed by atoms with E-state index in [1.165, 1.54) is 5.56 Å². The lowest BCUT2D eigenvalue weighted by atomic mass is 10.2. The van der Waals surface area contributed by atoms with Gasteiger partial charge in [-0.2, -0.15) is 0 Å². The highest BCUT2D eigenvalue weighted by Gasteiger charge is 2.07. The van der Waals surface area contributed by atoms with Crippen LogP contribution in [0.5, 0.6) is 11.5 Å². The van der Waals surface area contributed by atoms with Crippen LogP contribution in [0.4, 0.5) is 0 Å². The van der Waals surface area contributed by atoms with Crippen molar-refractivity contribution >= 4 is 11.3 Å². The molecule has 1 aromatic carbocycles. The molecular formula is C14H18N2O2S. The summed E-state index contributed by atoms with van der Waals surface area (Å²) in [6.07, 6.45) is 1.78. The lowest BCUT2D eigenvalue weighted by Crippen LogP contribution is -2.06. The molecule has 0 aliphatic rings. The van der Waals surface area contributed by atoms with E-state index in [9.17, 15) is 0 Å². The van der Waals surface area contributed by atoms with Gasteiger partial charge in [-0.15, -0.1) is 11.3 Å². The minimum absolute atomic E-state index is 0.475. The Kier molecular flexibility index (Phi) is 5.18. The smallest absolute Gasteiger partial charge is 0.161 e. The van der Waals surface area contributed by atoms with Crippen molar-refractivity contribution in [2.75, 3.05) is 13.7 Å². The van der Waals surface area contributed by atoms with Crippen molar-refractivity contribution in [3.63, 3.8) is 0 Å². The Balaban J connectivity index is 2.09. The third kappa shape index (κ3) is 3.94. The highest BCUT2D eigenvalue weighted by atomic mass is 32.1. The molecule has 0 aliphatic heterocycles. The van der Waals surface area contributed by atoms with Gasteiger partial charge in [0.1, 0.15) is 11.6 Å². The van der Waals surface area contributed by atoms with Crippen molar-refractivity contribution in [2.24, 2.45) is 0 Å². The number of hydrogen-bond acceptors (Lipinski definition) is 5. The van der Waals surface area contributed by atoms with Gasteiger partial charge in [0, 0.05) is 18.1 Å². The lowest BCUT2D eigenvalue weighted by molar-refractivity contribution is 0.268. The van der Waals surface area contributed by atoms with Crippen LogP contribution in [0.1, 0.15) is 17.5 Å². The molecule has 0 bridgehead atoms. The molecule has 0 aliphatic carbocycles. The normalized spacial score (nSPS) is 10.4. The molecule has 1 aromatic heterocycles. The zero-order valence-corrected chi connectivity index (χ0v) is 12.0. The van der Waals surface area contributed by atoms with Gasteiger partial charge in [-0.25, -0.2) is 4.98 Å². The first-order chi connectivity index (χ1) is 9.33. The van der Waals surface area contributed by atoms with Gasteiger partial charge in [0.25, 0.3) is 0 Å². The SMILES string of the molecule is CCOc1cc(CNC)ccc1OCc1nccs1. The predicted octanol–water partition coefficient (Wildman–Crippen LogP) is 2.84. The second-order valence-corrected chi connectivity index (χ2v) is 4.94. The van der Waals surface area contributed by atoms with Gasteiger partial charge in [0.05, 0.1) is 6.61 Å². The van der Waals surface area contributed by atoms with E-state index in [0.29, 0.717) is 13.2 Å². The van der Waals surface area contributed by atoms with Gasteiger partial charge in [-0.1, -0.05) is 6.07 Å². The van der Waals surface area contributed by atoms with E-state index < -0.39 is 0 Å². The second kappa shape index (κ2) is 7.11. The molecule has 0 spiro atoms. The summed E-state index contributed by atoms with van der Waals surface area (Å²) in [5, 5.41) is 6.03.